The van der Waals surface area contributed by atoms with Gasteiger partial charge < -0.3 is 0 Å². The number of carbonyl (C=O) groups is 2. The fourth-order valence-electron chi connectivity index (χ4n) is 4.92. The summed E-state index contributed by atoms with van der Waals surface area (Å²) >= 11 is 0. The minimum absolute atomic E-state index is 0.0258. The summed E-state index contributed by atoms with van der Waals surface area (Å²) in [7, 11) is 0. The molecule has 0 spiro atoms. The number of rotatable bonds is 15. The molecule has 2 aliphatic rings. The summed E-state index contributed by atoms with van der Waals surface area (Å²) < 4.78 is 0. The predicted octanol–water partition coefficient (Wildman–Crippen LogP) is 6.64. The molecule has 1 aliphatic carbocycles. The van der Waals surface area contributed by atoms with Crippen LogP contribution in [0.2, 0.25) is 0 Å². The van der Waals surface area contributed by atoms with Gasteiger partial charge in [0.05, 0.1) is 11.8 Å². The summed E-state index contributed by atoms with van der Waals surface area (Å²) in [6.45, 7) is 2.94. The number of nitrogens with zero attached hydrogens (tertiary/aromatic N) is 1. The first-order chi connectivity index (χ1) is 13.3. The summed E-state index contributed by atoms with van der Waals surface area (Å²) in [5.74, 6) is 0.328. The fraction of sp³-hybridized carbons (Fsp3) is 0.917. The lowest BCUT2D eigenvalue weighted by molar-refractivity contribution is -0.139. The number of fused-ring (bicyclic) bond motifs is 1. The van der Waals surface area contributed by atoms with E-state index in [9.17, 15) is 9.59 Å². The van der Waals surface area contributed by atoms with Crippen molar-refractivity contribution in [3.05, 3.63) is 0 Å². The molecule has 0 unspecified atom stereocenters. The molecule has 2 atom stereocenters. The monoisotopic (exact) mass is 377 g/mol. The minimum Gasteiger partial charge on any atom is -0.282 e. The highest BCUT2D eigenvalue weighted by atomic mass is 16.2. The third kappa shape index (κ3) is 7.58. The number of likely N-dealkylation sites (tertiary alicyclic amines) is 1. The molecule has 3 nitrogen and oxygen atoms in total. The molecule has 156 valence electrons. The molecule has 0 aromatic carbocycles. The van der Waals surface area contributed by atoms with Gasteiger partial charge >= 0.3 is 0 Å². The molecule has 0 bridgehead atoms. The van der Waals surface area contributed by atoms with Gasteiger partial charge in [-0.15, -0.1) is 0 Å². The molecule has 1 saturated heterocycles. The summed E-state index contributed by atoms with van der Waals surface area (Å²) in [4.78, 5) is 26.4. The van der Waals surface area contributed by atoms with E-state index in [0.717, 1.165) is 38.5 Å². The number of hydrogen-bond donors (Lipinski definition) is 0. The third-order valence-electron chi connectivity index (χ3n) is 6.67. The molecule has 1 aliphatic heterocycles. The molecule has 0 aromatic rings. The van der Waals surface area contributed by atoms with Crippen molar-refractivity contribution in [3.63, 3.8) is 0 Å². The maximum atomic E-state index is 12.4. The van der Waals surface area contributed by atoms with Crippen molar-refractivity contribution in [3.8, 4) is 0 Å². The van der Waals surface area contributed by atoms with Crippen molar-refractivity contribution >= 4 is 11.8 Å². The first-order valence-electron chi connectivity index (χ1n) is 12.1. The minimum atomic E-state index is 0.0258. The molecule has 0 radical (unpaired) electrons. The van der Waals surface area contributed by atoms with Gasteiger partial charge in [0, 0.05) is 6.54 Å². The van der Waals surface area contributed by atoms with Crippen LogP contribution in [0.1, 0.15) is 122 Å². The molecule has 1 heterocycles. The highest BCUT2D eigenvalue weighted by molar-refractivity contribution is 6.05. The fourth-order valence-corrected chi connectivity index (χ4v) is 4.92. The Morgan fingerprint density at radius 3 is 1.41 bits per heavy atom. The van der Waals surface area contributed by atoms with E-state index in [1.54, 1.807) is 4.90 Å². The van der Waals surface area contributed by atoms with Crippen LogP contribution < -0.4 is 0 Å². The van der Waals surface area contributed by atoms with Gasteiger partial charge in [0.25, 0.3) is 0 Å². The summed E-state index contributed by atoms with van der Waals surface area (Å²) in [5, 5.41) is 0. The highest BCUT2D eigenvalue weighted by Crippen LogP contribution is 2.38. The topological polar surface area (TPSA) is 37.4 Å². The zero-order valence-corrected chi connectivity index (χ0v) is 17.9. The van der Waals surface area contributed by atoms with Gasteiger partial charge in [0.15, 0.2) is 0 Å². The van der Waals surface area contributed by atoms with Gasteiger partial charge in [-0.1, -0.05) is 103 Å². The van der Waals surface area contributed by atoms with Gasteiger partial charge in [0.2, 0.25) is 11.8 Å². The van der Waals surface area contributed by atoms with Crippen molar-refractivity contribution in [2.75, 3.05) is 6.54 Å². The van der Waals surface area contributed by atoms with E-state index in [2.05, 4.69) is 6.92 Å². The SMILES string of the molecule is CCCCCCCCCCCCCCCCN1C(=O)[C@H]2CCCC[C@@H]2C1=O. The number of hydrogen-bond acceptors (Lipinski definition) is 2. The molecule has 27 heavy (non-hydrogen) atoms. The maximum Gasteiger partial charge on any atom is 0.233 e. The highest BCUT2D eigenvalue weighted by Gasteiger charge is 2.47. The predicted molar refractivity (Wildman–Crippen MR) is 112 cm³/mol. The van der Waals surface area contributed by atoms with E-state index < -0.39 is 0 Å². The van der Waals surface area contributed by atoms with E-state index in [1.165, 1.54) is 77.0 Å². The van der Waals surface area contributed by atoms with E-state index in [4.69, 9.17) is 0 Å². The Morgan fingerprint density at radius 2 is 1.00 bits per heavy atom. The molecule has 2 fully saturated rings. The lowest BCUT2D eigenvalue weighted by Crippen LogP contribution is -2.32. The summed E-state index contributed by atoms with van der Waals surface area (Å²) in [6, 6.07) is 0. The Bertz CT molecular complexity index is 410. The second-order valence-electron chi connectivity index (χ2n) is 8.92. The Balaban J connectivity index is 1.40. The maximum absolute atomic E-state index is 12.4. The van der Waals surface area contributed by atoms with Crippen LogP contribution in [-0.2, 0) is 9.59 Å². The zero-order chi connectivity index (χ0) is 19.3. The van der Waals surface area contributed by atoms with Crippen LogP contribution in [0, 0.1) is 11.8 Å². The number of unbranched alkanes of at least 4 members (excludes halogenated alkanes) is 13. The Hall–Kier alpha value is -0.860. The van der Waals surface area contributed by atoms with Gasteiger partial charge in [0.1, 0.15) is 0 Å². The van der Waals surface area contributed by atoms with E-state index in [0.29, 0.717) is 6.54 Å². The number of imide groups is 1. The normalized spacial score (nSPS) is 22.5. The molecule has 0 N–H and O–H groups in total. The lowest BCUT2D eigenvalue weighted by atomic mass is 9.81. The first-order valence-corrected chi connectivity index (χ1v) is 12.1. The zero-order valence-electron chi connectivity index (χ0n) is 17.9. The van der Waals surface area contributed by atoms with Crippen molar-refractivity contribution in [1.29, 1.82) is 0 Å². The van der Waals surface area contributed by atoms with Crippen molar-refractivity contribution in [1.82, 2.24) is 4.90 Å². The van der Waals surface area contributed by atoms with E-state index in [-0.39, 0.29) is 23.7 Å². The Morgan fingerprint density at radius 1 is 0.630 bits per heavy atom. The van der Waals surface area contributed by atoms with Gasteiger partial charge in [-0.25, -0.2) is 0 Å². The molecule has 2 amide bonds. The molecule has 2 rings (SSSR count). The lowest BCUT2D eigenvalue weighted by Gasteiger charge is -2.19. The summed E-state index contributed by atoms with van der Waals surface area (Å²) in [5.41, 5.74) is 0. The van der Waals surface area contributed by atoms with Crippen LogP contribution in [0.5, 0.6) is 0 Å². The largest absolute Gasteiger partial charge is 0.282 e. The van der Waals surface area contributed by atoms with Crippen LogP contribution in [0.25, 0.3) is 0 Å². The first kappa shape index (κ1) is 22.4. The van der Waals surface area contributed by atoms with Crippen molar-refractivity contribution in [2.45, 2.75) is 122 Å². The van der Waals surface area contributed by atoms with Crippen LogP contribution in [0.4, 0.5) is 0 Å². The van der Waals surface area contributed by atoms with Crippen molar-refractivity contribution < 1.29 is 9.59 Å². The molecular formula is C24H43NO2. The van der Waals surface area contributed by atoms with Gasteiger partial charge in [-0.05, 0) is 19.3 Å². The second-order valence-corrected chi connectivity index (χ2v) is 8.92. The number of amides is 2. The molecule has 0 aromatic heterocycles. The third-order valence-corrected chi connectivity index (χ3v) is 6.67. The molecular weight excluding hydrogens is 334 g/mol. The van der Waals surface area contributed by atoms with Crippen LogP contribution in [0.3, 0.4) is 0 Å². The average Bonchev–Trinajstić information content (AvgIpc) is 2.93. The second kappa shape index (κ2) is 13.3. The Labute approximate surface area is 167 Å². The Kier molecular flexibility index (Phi) is 11.1. The van der Waals surface area contributed by atoms with E-state index >= 15 is 0 Å². The quantitative estimate of drug-likeness (QED) is 0.237. The molecule has 1 saturated carbocycles. The summed E-state index contributed by atoms with van der Waals surface area (Å²) in [6.07, 6.45) is 22.8. The molecule has 3 heteroatoms. The van der Waals surface area contributed by atoms with Gasteiger partial charge in [-0.2, -0.15) is 0 Å². The standard InChI is InChI=1S/C24H43NO2/c1-2-3-4-5-6-7-8-9-10-11-12-13-14-17-20-25-23(26)21-18-15-16-19-22(21)24(25)27/h21-22H,2-20H2,1H3/t21-,22-/m0/s1. The average molecular weight is 378 g/mol. The smallest absolute Gasteiger partial charge is 0.233 e. The van der Waals surface area contributed by atoms with Crippen LogP contribution in [-0.4, -0.2) is 23.3 Å². The number of carbonyl (C=O) groups excluding carboxylic acids is 2. The van der Waals surface area contributed by atoms with Gasteiger partial charge in [-0.3, -0.25) is 14.5 Å². The van der Waals surface area contributed by atoms with Crippen LogP contribution in [0.15, 0.2) is 0 Å². The van der Waals surface area contributed by atoms with E-state index in [1.807, 2.05) is 0 Å². The van der Waals surface area contributed by atoms with Crippen molar-refractivity contribution in [2.24, 2.45) is 11.8 Å². The van der Waals surface area contributed by atoms with Crippen LogP contribution >= 0.6 is 0 Å².